The Morgan fingerprint density at radius 2 is 1.84 bits per heavy atom. The topological polar surface area (TPSA) is 55.8 Å². The fraction of sp³-hybridized carbons (Fsp3) is 0.267. The first-order valence-corrected chi connectivity index (χ1v) is 6.25. The minimum absolute atomic E-state index is 0.0637. The average Bonchev–Trinajstić information content (AvgIpc) is 2.44. The second-order valence-electron chi connectivity index (χ2n) is 4.03. The Morgan fingerprint density at radius 1 is 1.16 bits per heavy atom. The molecule has 0 spiro atoms. The van der Waals surface area contributed by atoms with Crippen LogP contribution in [0.4, 0.5) is 0 Å². The third-order valence-corrected chi connectivity index (χ3v) is 2.76. The molecule has 0 aromatic heterocycles. The smallest absolute Gasteiger partial charge is 0.310 e. The van der Waals surface area contributed by atoms with Crippen LogP contribution in [0.25, 0.3) is 10.8 Å². The summed E-state index contributed by atoms with van der Waals surface area (Å²) in [6.45, 7) is 3.98. The molecule has 19 heavy (non-hydrogen) atoms. The van der Waals surface area contributed by atoms with Gasteiger partial charge in [-0.1, -0.05) is 31.2 Å². The van der Waals surface area contributed by atoms with E-state index in [0.717, 1.165) is 0 Å². The molecule has 2 rings (SSSR count). The highest BCUT2D eigenvalue weighted by atomic mass is 16.5. The largest absolute Gasteiger partial charge is 0.504 e. The summed E-state index contributed by atoms with van der Waals surface area (Å²) in [6, 6.07) is 8.74. The maximum absolute atomic E-state index is 11.5. The maximum atomic E-state index is 11.5. The van der Waals surface area contributed by atoms with Crippen molar-refractivity contribution in [2.75, 3.05) is 6.61 Å². The second-order valence-corrected chi connectivity index (χ2v) is 4.03. The molecule has 1 N–H and O–H groups in total. The molecule has 0 saturated heterocycles. The normalized spacial score (nSPS) is 10.4. The lowest BCUT2D eigenvalue weighted by molar-refractivity contribution is -0.133. The van der Waals surface area contributed by atoms with Crippen molar-refractivity contribution < 1.29 is 19.4 Å². The van der Waals surface area contributed by atoms with Crippen molar-refractivity contribution in [3.05, 3.63) is 30.3 Å². The van der Waals surface area contributed by atoms with Crippen LogP contribution in [0.15, 0.2) is 30.3 Å². The van der Waals surface area contributed by atoms with E-state index < -0.39 is 0 Å². The molecule has 0 atom stereocenters. The monoisotopic (exact) mass is 260 g/mol. The zero-order chi connectivity index (χ0) is 13.8. The predicted molar refractivity (Wildman–Crippen MR) is 72.7 cm³/mol. The standard InChI is InChI=1S/C15H16O4/c1-3-14(16)19-12-9-13(18-4-2)15(17)11-8-6-5-7-10(11)12/h5-9,17H,3-4H2,1-2H3. The number of hydrogen-bond donors (Lipinski definition) is 1. The summed E-state index contributed by atoms with van der Waals surface area (Å²) in [7, 11) is 0. The van der Waals surface area contributed by atoms with Gasteiger partial charge >= 0.3 is 5.97 Å². The Hall–Kier alpha value is -2.23. The van der Waals surface area contributed by atoms with Crippen LogP contribution in [-0.4, -0.2) is 17.7 Å². The van der Waals surface area contributed by atoms with Crippen molar-refractivity contribution in [3.8, 4) is 17.2 Å². The molecular weight excluding hydrogens is 244 g/mol. The molecule has 0 amide bonds. The summed E-state index contributed by atoms with van der Waals surface area (Å²) in [4.78, 5) is 11.5. The number of carbonyl (C=O) groups excluding carboxylic acids is 1. The van der Waals surface area contributed by atoms with E-state index in [2.05, 4.69) is 0 Å². The van der Waals surface area contributed by atoms with Gasteiger partial charge in [0.05, 0.1) is 6.61 Å². The minimum atomic E-state index is -0.321. The first-order valence-electron chi connectivity index (χ1n) is 6.25. The highest BCUT2D eigenvalue weighted by Gasteiger charge is 2.14. The number of phenolic OH excluding ortho intramolecular Hbond substituents is 1. The Bertz CT molecular complexity index is 604. The summed E-state index contributed by atoms with van der Waals surface area (Å²) < 4.78 is 10.6. The molecule has 4 nitrogen and oxygen atoms in total. The van der Waals surface area contributed by atoms with Crippen LogP contribution in [0.1, 0.15) is 20.3 Å². The number of esters is 1. The lowest BCUT2D eigenvalue weighted by Gasteiger charge is -2.12. The summed E-state index contributed by atoms with van der Waals surface area (Å²) >= 11 is 0. The van der Waals surface area contributed by atoms with Crippen LogP contribution in [-0.2, 0) is 4.79 Å². The predicted octanol–water partition coefficient (Wildman–Crippen LogP) is 3.26. The summed E-state index contributed by atoms with van der Waals surface area (Å²) in [5, 5.41) is 11.4. The van der Waals surface area contributed by atoms with Crippen LogP contribution < -0.4 is 9.47 Å². The molecule has 0 radical (unpaired) electrons. The van der Waals surface area contributed by atoms with E-state index in [1.165, 1.54) is 0 Å². The second kappa shape index (κ2) is 5.61. The number of phenols is 1. The van der Waals surface area contributed by atoms with Gasteiger partial charge in [0.2, 0.25) is 0 Å². The van der Waals surface area contributed by atoms with Gasteiger partial charge in [-0.15, -0.1) is 0 Å². The quantitative estimate of drug-likeness (QED) is 0.677. The van der Waals surface area contributed by atoms with Crippen LogP contribution in [0.5, 0.6) is 17.2 Å². The van der Waals surface area contributed by atoms with Gasteiger partial charge in [0.25, 0.3) is 0 Å². The molecule has 2 aromatic carbocycles. The number of carbonyl (C=O) groups is 1. The SMILES string of the molecule is CCOc1cc(OC(=O)CC)c2ccccc2c1O. The number of rotatable bonds is 4. The number of benzene rings is 2. The first-order chi connectivity index (χ1) is 9.17. The highest BCUT2D eigenvalue weighted by Crippen LogP contribution is 2.40. The molecule has 0 unspecified atom stereocenters. The Labute approximate surface area is 111 Å². The Balaban J connectivity index is 2.60. The van der Waals surface area contributed by atoms with Crippen LogP contribution in [0.3, 0.4) is 0 Å². The van der Waals surface area contributed by atoms with Gasteiger partial charge in [0, 0.05) is 23.3 Å². The van der Waals surface area contributed by atoms with Crippen LogP contribution in [0, 0.1) is 0 Å². The van der Waals surface area contributed by atoms with E-state index in [4.69, 9.17) is 9.47 Å². The molecular formula is C15H16O4. The molecule has 4 heteroatoms. The van der Waals surface area contributed by atoms with Gasteiger partial charge < -0.3 is 14.6 Å². The van der Waals surface area contributed by atoms with Gasteiger partial charge in [0.15, 0.2) is 11.5 Å². The summed E-state index contributed by atoms with van der Waals surface area (Å²) in [5.74, 6) is 0.468. The number of fused-ring (bicyclic) bond motifs is 1. The van der Waals surface area contributed by atoms with E-state index in [-0.39, 0.29) is 11.7 Å². The average molecular weight is 260 g/mol. The lowest BCUT2D eigenvalue weighted by atomic mass is 10.1. The molecule has 0 fully saturated rings. The molecule has 0 bridgehead atoms. The van der Waals surface area contributed by atoms with Gasteiger partial charge in [0.1, 0.15) is 5.75 Å². The third-order valence-electron chi connectivity index (χ3n) is 2.76. The minimum Gasteiger partial charge on any atom is -0.504 e. The first kappa shape index (κ1) is 13.2. The van der Waals surface area contributed by atoms with Crippen molar-refractivity contribution in [2.24, 2.45) is 0 Å². The zero-order valence-corrected chi connectivity index (χ0v) is 11.0. The summed E-state index contributed by atoms with van der Waals surface area (Å²) in [6.07, 6.45) is 0.291. The van der Waals surface area contributed by atoms with E-state index in [9.17, 15) is 9.90 Å². The van der Waals surface area contributed by atoms with Gasteiger partial charge in [-0.05, 0) is 6.92 Å². The highest BCUT2D eigenvalue weighted by molar-refractivity contribution is 5.96. The molecule has 100 valence electrons. The third kappa shape index (κ3) is 2.62. The van der Waals surface area contributed by atoms with Crippen molar-refractivity contribution in [1.29, 1.82) is 0 Å². The fourth-order valence-electron chi connectivity index (χ4n) is 1.85. The lowest BCUT2D eigenvalue weighted by Crippen LogP contribution is -2.06. The van der Waals surface area contributed by atoms with E-state index in [1.807, 2.05) is 19.1 Å². The molecule has 0 aliphatic carbocycles. The zero-order valence-electron chi connectivity index (χ0n) is 11.0. The van der Waals surface area contributed by atoms with E-state index >= 15 is 0 Å². The Morgan fingerprint density at radius 3 is 2.47 bits per heavy atom. The molecule has 0 heterocycles. The van der Waals surface area contributed by atoms with Crippen molar-refractivity contribution >= 4 is 16.7 Å². The fourth-order valence-corrected chi connectivity index (χ4v) is 1.85. The molecule has 2 aromatic rings. The van der Waals surface area contributed by atoms with Gasteiger partial charge in [-0.3, -0.25) is 4.79 Å². The summed E-state index contributed by atoms with van der Waals surface area (Å²) in [5.41, 5.74) is 0. The molecule has 0 aliphatic rings. The maximum Gasteiger partial charge on any atom is 0.310 e. The Kier molecular flexibility index (Phi) is 3.90. The number of hydrogen-bond acceptors (Lipinski definition) is 4. The van der Waals surface area contributed by atoms with Crippen LogP contribution >= 0.6 is 0 Å². The van der Waals surface area contributed by atoms with Crippen LogP contribution in [0.2, 0.25) is 0 Å². The van der Waals surface area contributed by atoms with Gasteiger partial charge in [-0.25, -0.2) is 0 Å². The van der Waals surface area contributed by atoms with E-state index in [0.29, 0.717) is 35.3 Å². The molecule has 0 aliphatic heterocycles. The van der Waals surface area contributed by atoms with Crippen molar-refractivity contribution in [3.63, 3.8) is 0 Å². The van der Waals surface area contributed by atoms with Crippen molar-refractivity contribution in [1.82, 2.24) is 0 Å². The van der Waals surface area contributed by atoms with Crippen molar-refractivity contribution in [2.45, 2.75) is 20.3 Å². The van der Waals surface area contributed by atoms with Gasteiger partial charge in [-0.2, -0.15) is 0 Å². The number of aromatic hydroxyl groups is 1. The number of ether oxygens (including phenoxy) is 2. The molecule has 0 saturated carbocycles. The van der Waals surface area contributed by atoms with E-state index in [1.54, 1.807) is 25.1 Å².